The summed E-state index contributed by atoms with van der Waals surface area (Å²) in [7, 11) is 1.32. The number of hydrogen-bond acceptors (Lipinski definition) is 3. The van der Waals surface area contributed by atoms with E-state index in [1.165, 1.54) is 18.1 Å². The molecule has 5 heteroatoms. The third-order valence-corrected chi connectivity index (χ3v) is 4.79. The van der Waals surface area contributed by atoms with Crippen LogP contribution in [0.15, 0.2) is 55.1 Å². The number of hydrogen-bond donors (Lipinski definition) is 1. The quantitative estimate of drug-likeness (QED) is 0.721. The van der Waals surface area contributed by atoms with Gasteiger partial charge in [0.2, 0.25) is 0 Å². The second kappa shape index (κ2) is 6.19. The van der Waals surface area contributed by atoms with Crippen molar-refractivity contribution < 1.29 is 14.3 Å². The Morgan fingerprint density at radius 3 is 2.69 bits per heavy atom. The van der Waals surface area contributed by atoms with Gasteiger partial charge in [0.25, 0.3) is 5.91 Å². The minimum atomic E-state index is -0.463. The first kappa shape index (κ1) is 16.1. The van der Waals surface area contributed by atoms with Crippen LogP contribution in [0.25, 0.3) is 16.6 Å². The van der Waals surface area contributed by atoms with Crippen LogP contribution < -0.4 is 0 Å². The highest BCUT2D eigenvalue weighted by atomic mass is 16.5. The van der Waals surface area contributed by atoms with Gasteiger partial charge in [0.15, 0.2) is 0 Å². The molecular formula is C21H18N2O3. The van der Waals surface area contributed by atoms with Crippen molar-refractivity contribution in [3.8, 4) is 0 Å². The number of methoxy groups -OCH3 is 1. The predicted molar refractivity (Wildman–Crippen MR) is 99.9 cm³/mol. The van der Waals surface area contributed by atoms with Gasteiger partial charge in [0.05, 0.1) is 24.1 Å². The molecule has 1 N–H and O–H groups in total. The number of benzene rings is 2. The number of rotatable bonds is 2. The zero-order valence-electron chi connectivity index (χ0n) is 14.4. The Morgan fingerprint density at radius 1 is 1.12 bits per heavy atom. The van der Waals surface area contributed by atoms with Gasteiger partial charge in [-0.3, -0.25) is 4.79 Å². The van der Waals surface area contributed by atoms with E-state index in [0.717, 1.165) is 17.6 Å². The van der Waals surface area contributed by atoms with Gasteiger partial charge in [-0.05, 0) is 36.2 Å². The Balaban J connectivity index is 1.68. The summed E-state index contributed by atoms with van der Waals surface area (Å²) >= 11 is 0. The minimum absolute atomic E-state index is 0.176. The van der Waals surface area contributed by atoms with E-state index in [4.69, 9.17) is 4.74 Å². The van der Waals surface area contributed by atoms with Crippen molar-refractivity contribution in [3.05, 3.63) is 77.5 Å². The van der Waals surface area contributed by atoms with E-state index in [0.29, 0.717) is 23.4 Å². The lowest BCUT2D eigenvalue weighted by Gasteiger charge is -2.29. The van der Waals surface area contributed by atoms with Gasteiger partial charge in [-0.25, -0.2) is 4.79 Å². The lowest BCUT2D eigenvalue weighted by atomic mass is 10.00. The number of aromatic amines is 1. The fourth-order valence-corrected chi connectivity index (χ4v) is 3.48. The Kier molecular flexibility index (Phi) is 3.84. The SMILES string of the molecule is C=C1c2[nH]c3ccccc3c2CCN1C(=O)c1cccc(C(=O)OC)c1. The number of nitrogens with zero attached hydrogens (tertiary/aromatic N) is 1. The third-order valence-electron chi connectivity index (χ3n) is 4.79. The fourth-order valence-electron chi connectivity index (χ4n) is 3.48. The Labute approximate surface area is 150 Å². The number of fused-ring (bicyclic) bond motifs is 3. The first-order chi connectivity index (χ1) is 12.6. The van der Waals surface area contributed by atoms with Gasteiger partial charge < -0.3 is 14.6 Å². The summed E-state index contributed by atoms with van der Waals surface area (Å²) in [5.74, 6) is -0.639. The van der Waals surface area contributed by atoms with E-state index in [9.17, 15) is 9.59 Å². The number of para-hydroxylation sites is 1. The van der Waals surface area contributed by atoms with Gasteiger partial charge in [-0.1, -0.05) is 30.8 Å². The summed E-state index contributed by atoms with van der Waals surface area (Å²) in [6.45, 7) is 4.69. The molecule has 1 aromatic heterocycles. The number of amides is 1. The summed E-state index contributed by atoms with van der Waals surface area (Å²) in [5.41, 5.74) is 4.57. The van der Waals surface area contributed by atoms with E-state index in [1.807, 2.05) is 18.2 Å². The average molecular weight is 346 g/mol. The molecule has 0 unspecified atom stereocenters. The van der Waals surface area contributed by atoms with Gasteiger partial charge in [-0.2, -0.15) is 0 Å². The van der Waals surface area contributed by atoms with Crippen LogP contribution in [-0.2, 0) is 11.2 Å². The van der Waals surface area contributed by atoms with Crippen molar-refractivity contribution in [2.45, 2.75) is 6.42 Å². The van der Waals surface area contributed by atoms with Crippen molar-refractivity contribution in [1.29, 1.82) is 0 Å². The van der Waals surface area contributed by atoms with Crippen molar-refractivity contribution in [2.24, 2.45) is 0 Å². The van der Waals surface area contributed by atoms with E-state index < -0.39 is 5.97 Å². The zero-order valence-corrected chi connectivity index (χ0v) is 14.4. The van der Waals surface area contributed by atoms with Gasteiger partial charge in [0.1, 0.15) is 0 Å². The van der Waals surface area contributed by atoms with Crippen LogP contribution in [0.3, 0.4) is 0 Å². The van der Waals surface area contributed by atoms with E-state index >= 15 is 0 Å². The maximum absolute atomic E-state index is 13.0. The van der Waals surface area contributed by atoms with Crippen molar-refractivity contribution in [2.75, 3.05) is 13.7 Å². The number of esters is 1. The Bertz CT molecular complexity index is 1050. The van der Waals surface area contributed by atoms with Crippen molar-refractivity contribution in [3.63, 3.8) is 0 Å². The molecule has 5 nitrogen and oxygen atoms in total. The molecule has 0 saturated heterocycles. The molecule has 2 aromatic carbocycles. The van der Waals surface area contributed by atoms with Crippen LogP contribution in [-0.4, -0.2) is 35.4 Å². The smallest absolute Gasteiger partial charge is 0.337 e. The molecule has 0 bridgehead atoms. The number of ether oxygens (including phenoxy) is 1. The molecule has 0 fully saturated rings. The van der Waals surface area contributed by atoms with E-state index in [2.05, 4.69) is 17.6 Å². The molecule has 0 aliphatic carbocycles. The summed E-state index contributed by atoms with van der Waals surface area (Å²) in [6.07, 6.45) is 0.751. The number of carbonyl (C=O) groups excluding carboxylic acids is 2. The maximum atomic E-state index is 13.0. The highest BCUT2D eigenvalue weighted by Gasteiger charge is 2.28. The molecule has 0 spiro atoms. The normalized spacial score (nSPS) is 13.6. The fraction of sp³-hybridized carbons (Fsp3) is 0.143. The zero-order chi connectivity index (χ0) is 18.3. The lowest BCUT2D eigenvalue weighted by molar-refractivity contribution is 0.0600. The van der Waals surface area contributed by atoms with Crippen LogP contribution >= 0.6 is 0 Å². The standard InChI is InChI=1S/C21H18N2O3/c1-13-19-17(16-8-3-4-9-18(16)22-19)10-11-23(13)20(24)14-6-5-7-15(12-14)21(25)26-2/h3-9,12,22H,1,10-11H2,2H3. The third kappa shape index (κ3) is 2.49. The van der Waals surface area contributed by atoms with Gasteiger partial charge in [0, 0.05) is 23.0 Å². The summed E-state index contributed by atoms with van der Waals surface area (Å²) in [5, 5.41) is 1.17. The molecule has 0 radical (unpaired) electrons. The molecule has 0 saturated carbocycles. The first-order valence-corrected chi connectivity index (χ1v) is 8.39. The molecule has 26 heavy (non-hydrogen) atoms. The molecule has 130 valence electrons. The Hall–Kier alpha value is -3.34. The molecule has 0 atom stereocenters. The van der Waals surface area contributed by atoms with E-state index in [-0.39, 0.29) is 5.91 Å². The van der Waals surface area contributed by atoms with Crippen LogP contribution in [0.5, 0.6) is 0 Å². The average Bonchev–Trinajstić information content (AvgIpc) is 3.07. The highest BCUT2D eigenvalue weighted by molar-refractivity contribution is 6.03. The Morgan fingerprint density at radius 2 is 1.88 bits per heavy atom. The number of H-pyrrole nitrogens is 1. The predicted octanol–water partition coefficient (Wildman–Crippen LogP) is 3.62. The molecule has 1 aliphatic rings. The van der Waals surface area contributed by atoms with E-state index in [1.54, 1.807) is 29.2 Å². The van der Waals surface area contributed by atoms with Crippen molar-refractivity contribution in [1.82, 2.24) is 9.88 Å². The monoisotopic (exact) mass is 346 g/mol. The van der Waals surface area contributed by atoms with Crippen molar-refractivity contribution >= 4 is 28.5 Å². The molecule has 1 aliphatic heterocycles. The van der Waals surface area contributed by atoms with Crippen LogP contribution in [0, 0.1) is 0 Å². The summed E-state index contributed by atoms with van der Waals surface area (Å²) in [6, 6.07) is 14.7. The summed E-state index contributed by atoms with van der Waals surface area (Å²) in [4.78, 5) is 29.8. The largest absolute Gasteiger partial charge is 0.465 e. The number of aromatic nitrogens is 1. The first-order valence-electron chi connectivity index (χ1n) is 8.39. The second-order valence-electron chi connectivity index (χ2n) is 6.25. The topological polar surface area (TPSA) is 62.4 Å². The summed E-state index contributed by atoms with van der Waals surface area (Å²) < 4.78 is 4.73. The van der Waals surface area contributed by atoms with Gasteiger partial charge in [-0.15, -0.1) is 0 Å². The lowest BCUT2D eigenvalue weighted by Crippen LogP contribution is -2.34. The van der Waals surface area contributed by atoms with Gasteiger partial charge >= 0.3 is 5.97 Å². The minimum Gasteiger partial charge on any atom is -0.465 e. The molecular weight excluding hydrogens is 328 g/mol. The maximum Gasteiger partial charge on any atom is 0.337 e. The number of nitrogens with one attached hydrogen (secondary N) is 1. The molecule has 1 amide bonds. The molecule has 2 heterocycles. The molecule has 4 rings (SSSR count). The van der Waals surface area contributed by atoms with Crippen LogP contribution in [0.1, 0.15) is 32.0 Å². The molecule has 3 aromatic rings. The van der Waals surface area contributed by atoms with Crippen LogP contribution in [0.4, 0.5) is 0 Å². The second-order valence-corrected chi connectivity index (χ2v) is 6.25. The number of carbonyl (C=O) groups is 2. The van der Waals surface area contributed by atoms with Crippen LogP contribution in [0.2, 0.25) is 0 Å². The highest BCUT2D eigenvalue weighted by Crippen LogP contribution is 2.33.